The fraction of sp³-hybridized carbons (Fsp3) is 0.667. The Kier molecular flexibility index (Phi) is 5.84. The molecule has 126 valence electrons. The van der Waals surface area contributed by atoms with Crippen LogP contribution in [0, 0.1) is 24.2 Å². The first-order valence-electron chi connectivity index (χ1n) is 8.40. The maximum Gasteiger partial charge on any atom is 0.222 e. The molecule has 0 saturated carbocycles. The molecule has 0 spiro atoms. The van der Waals surface area contributed by atoms with Gasteiger partial charge in [0.1, 0.15) is 11.8 Å². The number of nitriles is 1. The Morgan fingerprint density at radius 2 is 2.22 bits per heavy atom. The lowest BCUT2D eigenvalue weighted by Crippen LogP contribution is -2.35. The number of nitrogens with zero attached hydrogens (tertiary/aromatic N) is 4. The van der Waals surface area contributed by atoms with E-state index in [1.807, 2.05) is 31.8 Å². The number of likely N-dealkylation sites (tertiary alicyclic amines) is 1. The summed E-state index contributed by atoms with van der Waals surface area (Å²) in [6.45, 7) is 5.14. The zero-order valence-corrected chi connectivity index (χ0v) is 14.8. The second-order valence-corrected chi connectivity index (χ2v) is 6.88. The van der Waals surface area contributed by atoms with E-state index in [4.69, 9.17) is 5.26 Å². The van der Waals surface area contributed by atoms with E-state index in [0.717, 1.165) is 31.7 Å². The fourth-order valence-corrected chi connectivity index (χ4v) is 3.35. The van der Waals surface area contributed by atoms with Gasteiger partial charge >= 0.3 is 0 Å². The van der Waals surface area contributed by atoms with Crippen LogP contribution in [0.25, 0.3) is 0 Å². The molecular weight excluding hydrogens is 288 g/mol. The third-order valence-corrected chi connectivity index (χ3v) is 5.02. The molecule has 1 aromatic rings. The summed E-state index contributed by atoms with van der Waals surface area (Å²) < 4.78 is 1.96. The molecule has 0 radical (unpaired) electrons. The van der Waals surface area contributed by atoms with Gasteiger partial charge in [-0.2, -0.15) is 5.26 Å². The molecule has 0 unspecified atom stereocenters. The SMILES string of the molecule is Cc1c(CN2CCC[C@H](CCC(=O)N(C)C)C2)cc(C#N)n1C. The summed E-state index contributed by atoms with van der Waals surface area (Å²) in [5.74, 6) is 0.826. The van der Waals surface area contributed by atoms with Crippen molar-refractivity contribution in [2.24, 2.45) is 13.0 Å². The third-order valence-electron chi connectivity index (χ3n) is 5.02. The standard InChI is InChI=1S/C18H28N4O/c1-14-16(10-17(11-19)21(14)4)13-22-9-5-6-15(12-22)7-8-18(23)20(2)3/h10,15H,5-9,12-13H2,1-4H3/t15-/m1/s1. The first-order chi connectivity index (χ1) is 10.9. The van der Waals surface area contributed by atoms with E-state index < -0.39 is 0 Å². The van der Waals surface area contributed by atoms with Crippen molar-refractivity contribution in [2.75, 3.05) is 27.2 Å². The monoisotopic (exact) mass is 316 g/mol. The van der Waals surface area contributed by atoms with E-state index >= 15 is 0 Å². The normalized spacial score (nSPS) is 18.7. The minimum atomic E-state index is 0.222. The van der Waals surface area contributed by atoms with Gasteiger partial charge < -0.3 is 9.47 Å². The van der Waals surface area contributed by atoms with E-state index in [0.29, 0.717) is 12.3 Å². The van der Waals surface area contributed by atoms with Crippen molar-refractivity contribution in [2.45, 2.75) is 39.2 Å². The van der Waals surface area contributed by atoms with Crippen molar-refractivity contribution in [3.05, 3.63) is 23.0 Å². The molecule has 1 aliphatic heterocycles. The predicted molar refractivity (Wildman–Crippen MR) is 90.8 cm³/mol. The molecule has 23 heavy (non-hydrogen) atoms. The van der Waals surface area contributed by atoms with Gasteiger partial charge in [-0.25, -0.2) is 0 Å². The van der Waals surface area contributed by atoms with E-state index in [2.05, 4.69) is 17.9 Å². The van der Waals surface area contributed by atoms with Gasteiger partial charge in [0.05, 0.1) is 0 Å². The van der Waals surface area contributed by atoms with Crippen molar-refractivity contribution in [3.8, 4) is 6.07 Å². The lowest BCUT2D eigenvalue weighted by Gasteiger charge is -2.32. The van der Waals surface area contributed by atoms with Crippen LogP contribution in [0.3, 0.4) is 0 Å². The summed E-state index contributed by atoms with van der Waals surface area (Å²) in [5.41, 5.74) is 3.14. The van der Waals surface area contributed by atoms with Crippen LogP contribution in [0.2, 0.25) is 0 Å². The molecule has 0 N–H and O–H groups in total. The van der Waals surface area contributed by atoms with Crippen LogP contribution in [-0.2, 0) is 18.4 Å². The first-order valence-corrected chi connectivity index (χ1v) is 8.40. The highest BCUT2D eigenvalue weighted by Gasteiger charge is 2.22. The molecule has 0 aliphatic carbocycles. The molecule has 5 nitrogen and oxygen atoms in total. The van der Waals surface area contributed by atoms with Crippen LogP contribution >= 0.6 is 0 Å². The number of hydrogen-bond donors (Lipinski definition) is 0. The summed E-state index contributed by atoms with van der Waals surface area (Å²) in [4.78, 5) is 15.9. The Balaban J connectivity index is 1.92. The van der Waals surface area contributed by atoms with Crippen LogP contribution in [0.5, 0.6) is 0 Å². The summed E-state index contributed by atoms with van der Waals surface area (Å²) in [7, 11) is 5.59. The van der Waals surface area contributed by atoms with Gasteiger partial charge in [-0.05, 0) is 50.3 Å². The number of amides is 1. The van der Waals surface area contributed by atoms with Gasteiger partial charge in [-0.1, -0.05) is 0 Å². The van der Waals surface area contributed by atoms with Crippen molar-refractivity contribution >= 4 is 5.91 Å². The van der Waals surface area contributed by atoms with Gasteiger partial charge in [0, 0.05) is 46.3 Å². The highest BCUT2D eigenvalue weighted by molar-refractivity contribution is 5.75. The fourth-order valence-electron chi connectivity index (χ4n) is 3.35. The van der Waals surface area contributed by atoms with Crippen LogP contribution < -0.4 is 0 Å². The summed E-state index contributed by atoms with van der Waals surface area (Å²) in [6.07, 6.45) is 4.03. The molecule has 1 aliphatic rings. The maximum absolute atomic E-state index is 11.8. The van der Waals surface area contributed by atoms with Gasteiger partial charge in [-0.3, -0.25) is 9.69 Å². The van der Waals surface area contributed by atoms with Crippen molar-refractivity contribution in [3.63, 3.8) is 0 Å². The number of aromatic nitrogens is 1. The average molecular weight is 316 g/mol. The number of carbonyl (C=O) groups excluding carboxylic acids is 1. The number of hydrogen-bond acceptors (Lipinski definition) is 3. The molecule has 1 atom stereocenters. The smallest absolute Gasteiger partial charge is 0.222 e. The summed E-state index contributed by atoms with van der Waals surface area (Å²) in [5, 5.41) is 9.15. The van der Waals surface area contributed by atoms with Crippen LogP contribution in [0.15, 0.2) is 6.07 Å². The van der Waals surface area contributed by atoms with E-state index in [1.54, 1.807) is 4.90 Å². The zero-order chi connectivity index (χ0) is 17.0. The van der Waals surface area contributed by atoms with Crippen molar-refractivity contribution in [1.29, 1.82) is 5.26 Å². The lowest BCUT2D eigenvalue weighted by atomic mass is 9.93. The Labute approximate surface area is 139 Å². The quantitative estimate of drug-likeness (QED) is 0.837. The Morgan fingerprint density at radius 3 is 2.83 bits per heavy atom. The predicted octanol–water partition coefficient (Wildman–Crippen LogP) is 2.29. The number of piperidine rings is 1. The first kappa shape index (κ1) is 17.6. The highest BCUT2D eigenvalue weighted by atomic mass is 16.2. The van der Waals surface area contributed by atoms with Crippen LogP contribution in [-0.4, -0.2) is 47.5 Å². The van der Waals surface area contributed by atoms with Crippen LogP contribution in [0.1, 0.15) is 42.6 Å². The molecule has 2 heterocycles. The third kappa shape index (κ3) is 4.35. The molecule has 0 bridgehead atoms. The lowest BCUT2D eigenvalue weighted by molar-refractivity contribution is -0.129. The molecule has 1 amide bonds. The molecule has 1 saturated heterocycles. The number of rotatable bonds is 5. The molecule has 1 aromatic heterocycles. The average Bonchev–Trinajstić information content (AvgIpc) is 2.80. The number of carbonyl (C=O) groups is 1. The van der Waals surface area contributed by atoms with E-state index in [1.165, 1.54) is 24.1 Å². The minimum Gasteiger partial charge on any atom is -0.349 e. The maximum atomic E-state index is 11.8. The van der Waals surface area contributed by atoms with Crippen molar-refractivity contribution < 1.29 is 4.79 Å². The Hall–Kier alpha value is -1.80. The van der Waals surface area contributed by atoms with Crippen LogP contribution in [0.4, 0.5) is 0 Å². The zero-order valence-electron chi connectivity index (χ0n) is 14.8. The highest BCUT2D eigenvalue weighted by Crippen LogP contribution is 2.24. The van der Waals surface area contributed by atoms with E-state index in [9.17, 15) is 4.79 Å². The molecule has 1 fully saturated rings. The molecule has 5 heteroatoms. The van der Waals surface area contributed by atoms with Gasteiger partial charge in [-0.15, -0.1) is 0 Å². The van der Waals surface area contributed by atoms with Gasteiger partial charge in [0.25, 0.3) is 0 Å². The Bertz CT molecular complexity index is 597. The molecule has 0 aromatic carbocycles. The van der Waals surface area contributed by atoms with Gasteiger partial charge in [0.2, 0.25) is 5.91 Å². The second kappa shape index (κ2) is 7.65. The summed E-state index contributed by atoms with van der Waals surface area (Å²) in [6, 6.07) is 4.26. The topological polar surface area (TPSA) is 52.3 Å². The Morgan fingerprint density at radius 1 is 1.48 bits per heavy atom. The second-order valence-electron chi connectivity index (χ2n) is 6.88. The van der Waals surface area contributed by atoms with Gasteiger partial charge in [0.15, 0.2) is 0 Å². The summed E-state index contributed by atoms with van der Waals surface area (Å²) >= 11 is 0. The molecule has 2 rings (SSSR count). The minimum absolute atomic E-state index is 0.222. The largest absolute Gasteiger partial charge is 0.349 e. The molecular formula is C18H28N4O. The van der Waals surface area contributed by atoms with E-state index in [-0.39, 0.29) is 5.91 Å². The van der Waals surface area contributed by atoms with Crippen molar-refractivity contribution in [1.82, 2.24) is 14.4 Å².